The van der Waals surface area contributed by atoms with Gasteiger partial charge in [-0.3, -0.25) is 4.79 Å². The molecule has 0 atom stereocenters. The van der Waals surface area contributed by atoms with Crippen LogP contribution in [0.15, 0.2) is 36.5 Å². The molecule has 9 nitrogen and oxygen atoms in total. The van der Waals surface area contributed by atoms with Crippen molar-refractivity contribution >= 4 is 29.2 Å². The summed E-state index contributed by atoms with van der Waals surface area (Å²) in [6.45, 7) is 11.7. The molecule has 40 heavy (non-hydrogen) atoms. The van der Waals surface area contributed by atoms with Crippen molar-refractivity contribution in [3.63, 3.8) is 0 Å². The lowest BCUT2D eigenvalue weighted by atomic mass is 9.95. The Morgan fingerprint density at radius 2 is 1.68 bits per heavy atom. The third-order valence-electron chi connectivity index (χ3n) is 6.40. The van der Waals surface area contributed by atoms with Crippen LogP contribution >= 0.6 is 0 Å². The largest absolute Gasteiger partial charge is 0.444 e. The molecule has 4 rings (SSSR count). The van der Waals surface area contributed by atoms with E-state index in [4.69, 9.17) is 4.74 Å². The van der Waals surface area contributed by atoms with Gasteiger partial charge in [-0.2, -0.15) is 13.2 Å². The fraction of sp³-hybridized carbons (Fsp3) is 0.500. The van der Waals surface area contributed by atoms with Crippen molar-refractivity contribution in [3.8, 4) is 11.3 Å². The van der Waals surface area contributed by atoms with Gasteiger partial charge in [0.05, 0.1) is 23.1 Å². The molecule has 1 aliphatic heterocycles. The minimum Gasteiger partial charge on any atom is -0.444 e. The number of aromatic nitrogens is 3. The lowest BCUT2D eigenvalue weighted by molar-refractivity contribution is -0.137. The Kier molecular flexibility index (Phi) is 7.75. The summed E-state index contributed by atoms with van der Waals surface area (Å²) >= 11 is 0. The third kappa shape index (κ3) is 7.02. The van der Waals surface area contributed by atoms with Crippen molar-refractivity contribution in [1.29, 1.82) is 0 Å². The van der Waals surface area contributed by atoms with Crippen molar-refractivity contribution in [2.75, 3.05) is 23.3 Å². The van der Waals surface area contributed by atoms with Gasteiger partial charge in [-0.05, 0) is 57.9 Å². The summed E-state index contributed by atoms with van der Waals surface area (Å²) in [5, 5.41) is 10.0. The second kappa shape index (κ2) is 10.6. The third-order valence-corrected chi connectivity index (χ3v) is 6.40. The number of nitrogens with one attached hydrogen (secondary N) is 2. The summed E-state index contributed by atoms with van der Waals surface area (Å²) in [5.41, 5.74) is -1.32. The highest BCUT2D eigenvalue weighted by atomic mass is 19.4. The van der Waals surface area contributed by atoms with Crippen molar-refractivity contribution in [1.82, 2.24) is 19.9 Å². The van der Waals surface area contributed by atoms with E-state index < -0.39 is 34.8 Å². The fourth-order valence-electron chi connectivity index (χ4n) is 4.27. The minimum absolute atomic E-state index is 0.00215. The highest BCUT2D eigenvalue weighted by Gasteiger charge is 2.35. The van der Waals surface area contributed by atoms with Gasteiger partial charge in [0.25, 0.3) is 0 Å². The van der Waals surface area contributed by atoms with Crippen LogP contribution in [0.4, 0.5) is 29.5 Å². The molecule has 0 unspecified atom stereocenters. The number of rotatable bonds is 4. The van der Waals surface area contributed by atoms with Crippen LogP contribution in [0.3, 0.4) is 0 Å². The highest BCUT2D eigenvalue weighted by Crippen LogP contribution is 2.38. The number of carbonyl (C=O) groups excluding carboxylic acids is 2. The van der Waals surface area contributed by atoms with E-state index in [1.54, 1.807) is 37.5 Å². The first-order valence-corrected chi connectivity index (χ1v) is 13.1. The number of anilines is 2. The topological polar surface area (TPSA) is 101 Å². The number of imidazole rings is 1. The Bertz CT molecular complexity index is 1400. The molecule has 0 aliphatic carbocycles. The van der Waals surface area contributed by atoms with Gasteiger partial charge in [-0.1, -0.05) is 26.8 Å². The van der Waals surface area contributed by atoms with Crippen LogP contribution in [-0.2, 0) is 15.7 Å². The lowest BCUT2D eigenvalue weighted by Gasteiger charge is -2.33. The van der Waals surface area contributed by atoms with Crippen LogP contribution in [0.5, 0.6) is 0 Å². The van der Waals surface area contributed by atoms with Crippen LogP contribution in [0, 0.1) is 5.41 Å². The number of nitrogens with zero attached hydrogens (tertiary/aromatic N) is 4. The maximum atomic E-state index is 13.7. The zero-order valence-corrected chi connectivity index (χ0v) is 23.5. The molecular weight excluding hydrogens is 525 g/mol. The van der Waals surface area contributed by atoms with Crippen molar-refractivity contribution in [2.45, 2.75) is 72.2 Å². The zero-order valence-electron chi connectivity index (χ0n) is 23.5. The van der Waals surface area contributed by atoms with Crippen molar-refractivity contribution in [2.24, 2.45) is 5.41 Å². The Labute approximate surface area is 231 Å². The molecule has 2 amide bonds. The number of piperidine rings is 1. The number of benzene rings is 1. The SMILES string of the molecule is CC(C)(C)OC(=O)NC1CCN(c2ccc3nc(-c4ccc(C(F)(F)F)c(NC(=O)C(C)(C)C)c4)cn3n2)CC1. The fourth-order valence-corrected chi connectivity index (χ4v) is 4.27. The number of ether oxygens (including phenoxy) is 1. The second-order valence-electron chi connectivity index (χ2n) is 12.0. The molecular formula is C28H35F3N6O3. The van der Waals surface area contributed by atoms with E-state index in [1.165, 1.54) is 12.1 Å². The quantitative estimate of drug-likeness (QED) is 0.413. The van der Waals surface area contributed by atoms with E-state index in [1.807, 2.05) is 26.8 Å². The smallest absolute Gasteiger partial charge is 0.418 e. The molecule has 3 aromatic rings. The molecule has 216 valence electrons. The summed E-state index contributed by atoms with van der Waals surface area (Å²) in [6.07, 6.45) is -1.97. The number of fused-ring (bicyclic) bond motifs is 1. The van der Waals surface area contributed by atoms with Crippen LogP contribution in [0.25, 0.3) is 16.9 Å². The van der Waals surface area contributed by atoms with Crippen LogP contribution < -0.4 is 15.5 Å². The van der Waals surface area contributed by atoms with E-state index in [-0.39, 0.29) is 11.7 Å². The number of halogens is 3. The van der Waals surface area contributed by atoms with E-state index >= 15 is 0 Å². The Morgan fingerprint density at radius 3 is 2.27 bits per heavy atom. The zero-order chi connectivity index (χ0) is 29.5. The summed E-state index contributed by atoms with van der Waals surface area (Å²) in [6, 6.07) is 7.21. The summed E-state index contributed by atoms with van der Waals surface area (Å²) in [5.74, 6) is 0.194. The number of carbonyl (C=O) groups is 2. The predicted octanol–water partition coefficient (Wildman–Crippen LogP) is 5.89. The lowest BCUT2D eigenvalue weighted by Crippen LogP contribution is -2.46. The van der Waals surface area contributed by atoms with Crippen LogP contribution in [0.2, 0.25) is 0 Å². The standard InChI is InChI=1S/C28H35F3N6O3/c1-26(2,3)24(38)34-20-15-17(7-8-19(20)28(29,30)31)21-16-37-22(33-21)9-10-23(35-37)36-13-11-18(12-14-36)32-25(39)40-27(4,5)6/h7-10,15-16,18H,11-14H2,1-6H3,(H,32,39)(H,34,38). The van der Waals surface area contributed by atoms with Gasteiger partial charge in [0.15, 0.2) is 5.65 Å². The Balaban J connectivity index is 1.51. The van der Waals surface area contributed by atoms with Gasteiger partial charge in [-0.25, -0.2) is 14.3 Å². The number of amides is 2. The summed E-state index contributed by atoms with van der Waals surface area (Å²) in [4.78, 5) is 31.2. The van der Waals surface area contributed by atoms with E-state index in [0.717, 1.165) is 24.7 Å². The van der Waals surface area contributed by atoms with Crippen LogP contribution in [0.1, 0.15) is 59.9 Å². The molecule has 2 aromatic heterocycles. The number of alkyl carbamates (subject to hydrolysis) is 1. The molecule has 12 heteroatoms. The van der Waals surface area contributed by atoms with E-state index in [0.29, 0.717) is 30.0 Å². The Morgan fingerprint density at radius 1 is 1.00 bits per heavy atom. The molecule has 1 fully saturated rings. The molecule has 1 saturated heterocycles. The van der Waals surface area contributed by atoms with E-state index in [2.05, 4.69) is 25.6 Å². The minimum atomic E-state index is -4.63. The first kappa shape index (κ1) is 29.2. The van der Waals surface area contributed by atoms with Gasteiger partial charge in [0.2, 0.25) is 5.91 Å². The van der Waals surface area contributed by atoms with Gasteiger partial charge < -0.3 is 20.3 Å². The monoisotopic (exact) mass is 560 g/mol. The average Bonchev–Trinajstić information content (AvgIpc) is 3.25. The molecule has 0 spiro atoms. The van der Waals surface area contributed by atoms with Gasteiger partial charge >= 0.3 is 12.3 Å². The maximum Gasteiger partial charge on any atom is 0.418 e. The second-order valence-corrected chi connectivity index (χ2v) is 12.0. The first-order valence-electron chi connectivity index (χ1n) is 13.1. The first-order chi connectivity index (χ1) is 18.5. The number of hydrogen-bond donors (Lipinski definition) is 2. The van der Waals surface area contributed by atoms with Gasteiger partial charge in [0.1, 0.15) is 11.4 Å². The molecule has 1 aliphatic rings. The predicted molar refractivity (Wildman–Crippen MR) is 146 cm³/mol. The molecule has 0 saturated carbocycles. The number of hydrogen-bond acceptors (Lipinski definition) is 6. The molecule has 1 aromatic carbocycles. The average molecular weight is 561 g/mol. The summed E-state index contributed by atoms with van der Waals surface area (Å²) in [7, 11) is 0. The van der Waals surface area contributed by atoms with Crippen molar-refractivity contribution < 1.29 is 27.5 Å². The normalized spacial score (nSPS) is 15.3. The Hall–Kier alpha value is -3.83. The molecule has 3 heterocycles. The molecule has 0 radical (unpaired) electrons. The van der Waals surface area contributed by atoms with Crippen molar-refractivity contribution in [3.05, 3.63) is 42.1 Å². The molecule has 2 N–H and O–H groups in total. The maximum absolute atomic E-state index is 13.7. The summed E-state index contributed by atoms with van der Waals surface area (Å²) < 4.78 is 47.9. The van der Waals surface area contributed by atoms with Gasteiger partial charge in [-0.15, -0.1) is 5.10 Å². The van der Waals surface area contributed by atoms with Gasteiger partial charge in [0, 0.05) is 30.1 Å². The molecule has 0 bridgehead atoms. The van der Waals surface area contributed by atoms with Crippen LogP contribution in [-0.4, -0.2) is 51.3 Å². The highest BCUT2D eigenvalue weighted by molar-refractivity contribution is 5.96. The van der Waals surface area contributed by atoms with E-state index in [9.17, 15) is 22.8 Å². The number of alkyl halides is 3.